The molecule has 17 heavy (non-hydrogen) atoms. The van der Waals surface area contributed by atoms with Gasteiger partial charge in [-0.25, -0.2) is 0 Å². The Labute approximate surface area is 99.7 Å². The van der Waals surface area contributed by atoms with Gasteiger partial charge in [0, 0.05) is 28.4 Å². The van der Waals surface area contributed by atoms with E-state index in [1.165, 1.54) is 10.8 Å². The van der Waals surface area contributed by atoms with Gasteiger partial charge in [0.05, 0.1) is 5.52 Å². The first kappa shape index (κ1) is 10.1. The van der Waals surface area contributed by atoms with Gasteiger partial charge in [0.25, 0.3) is 0 Å². The van der Waals surface area contributed by atoms with E-state index in [1.54, 1.807) is 0 Å². The van der Waals surface area contributed by atoms with Crippen LogP contribution in [-0.4, -0.2) is 4.98 Å². The minimum atomic E-state index is 0.534. The number of rotatable bonds is 2. The zero-order valence-electron chi connectivity index (χ0n) is 9.53. The molecular formula is C15H14N2. The summed E-state index contributed by atoms with van der Waals surface area (Å²) in [4.78, 5) is 3.45. The average molecular weight is 222 g/mol. The van der Waals surface area contributed by atoms with Crippen LogP contribution in [0.1, 0.15) is 11.1 Å². The lowest BCUT2D eigenvalue weighted by Gasteiger charge is -2.04. The molecule has 0 fully saturated rings. The molecule has 0 radical (unpaired) electrons. The van der Waals surface area contributed by atoms with Crippen molar-refractivity contribution in [1.82, 2.24) is 4.98 Å². The van der Waals surface area contributed by atoms with Crippen LogP contribution in [0.2, 0.25) is 0 Å². The number of aromatic nitrogens is 1. The summed E-state index contributed by atoms with van der Waals surface area (Å²) < 4.78 is 0. The van der Waals surface area contributed by atoms with Crippen LogP contribution in [0.4, 0.5) is 0 Å². The van der Waals surface area contributed by atoms with Gasteiger partial charge in [-0.15, -0.1) is 0 Å². The highest BCUT2D eigenvalue weighted by Crippen LogP contribution is 2.29. The van der Waals surface area contributed by atoms with E-state index in [0.29, 0.717) is 6.54 Å². The molecule has 1 aromatic heterocycles. The summed E-state index contributed by atoms with van der Waals surface area (Å²) in [7, 11) is 0. The standard InChI is InChI=1S/C15H14N2/c1-2-11-10(9-16)7-8-13-12-5-3-4-6-14(12)17-15(11)13/h2-8,17H,1,9,16H2. The minimum Gasteiger partial charge on any atom is -0.354 e. The SMILES string of the molecule is C=Cc1c(CN)ccc2c1[nH]c1ccccc12. The Balaban J connectivity index is 2.51. The van der Waals surface area contributed by atoms with Crippen molar-refractivity contribution in [3.8, 4) is 0 Å². The first-order valence-electron chi connectivity index (χ1n) is 5.70. The number of H-pyrrole nitrogens is 1. The molecule has 0 aliphatic carbocycles. The van der Waals surface area contributed by atoms with Gasteiger partial charge in [-0.2, -0.15) is 0 Å². The predicted octanol–water partition coefficient (Wildman–Crippen LogP) is 3.42. The van der Waals surface area contributed by atoms with Gasteiger partial charge >= 0.3 is 0 Å². The maximum absolute atomic E-state index is 5.75. The van der Waals surface area contributed by atoms with Gasteiger partial charge in [-0.05, 0) is 11.6 Å². The van der Waals surface area contributed by atoms with Crippen molar-refractivity contribution in [2.24, 2.45) is 5.73 Å². The van der Waals surface area contributed by atoms with E-state index in [-0.39, 0.29) is 0 Å². The van der Waals surface area contributed by atoms with Gasteiger partial charge in [0.2, 0.25) is 0 Å². The lowest BCUT2D eigenvalue weighted by atomic mass is 10.0. The summed E-state index contributed by atoms with van der Waals surface area (Å²) in [6.45, 7) is 4.42. The molecule has 84 valence electrons. The highest BCUT2D eigenvalue weighted by atomic mass is 14.7. The Bertz CT molecular complexity index is 707. The molecule has 0 aliphatic rings. The molecule has 0 unspecified atom stereocenters. The normalized spacial score (nSPS) is 11.1. The number of hydrogen-bond donors (Lipinski definition) is 2. The van der Waals surface area contributed by atoms with E-state index in [2.05, 4.69) is 41.9 Å². The second-order valence-electron chi connectivity index (χ2n) is 4.14. The summed E-state index contributed by atoms with van der Waals surface area (Å²) in [5.41, 5.74) is 10.3. The predicted molar refractivity (Wildman–Crippen MR) is 73.8 cm³/mol. The molecule has 3 rings (SSSR count). The van der Waals surface area contributed by atoms with E-state index in [0.717, 1.165) is 22.2 Å². The molecule has 0 spiro atoms. The largest absolute Gasteiger partial charge is 0.354 e. The monoisotopic (exact) mass is 222 g/mol. The number of aromatic amines is 1. The zero-order valence-corrected chi connectivity index (χ0v) is 9.53. The Morgan fingerprint density at radius 2 is 1.94 bits per heavy atom. The minimum absolute atomic E-state index is 0.534. The van der Waals surface area contributed by atoms with E-state index in [1.807, 2.05) is 12.1 Å². The molecule has 2 nitrogen and oxygen atoms in total. The summed E-state index contributed by atoms with van der Waals surface area (Å²) in [6, 6.07) is 12.5. The molecule has 0 amide bonds. The van der Waals surface area contributed by atoms with Crippen molar-refractivity contribution in [3.63, 3.8) is 0 Å². The van der Waals surface area contributed by atoms with Crippen LogP contribution in [0, 0.1) is 0 Å². The number of fused-ring (bicyclic) bond motifs is 3. The topological polar surface area (TPSA) is 41.8 Å². The quantitative estimate of drug-likeness (QED) is 0.685. The molecule has 0 saturated carbocycles. The third-order valence-corrected chi connectivity index (χ3v) is 3.24. The molecule has 0 bridgehead atoms. The molecule has 0 saturated heterocycles. The summed E-state index contributed by atoms with van der Waals surface area (Å²) in [6.07, 6.45) is 1.87. The molecule has 1 heterocycles. The molecule has 2 heteroatoms. The van der Waals surface area contributed by atoms with Crippen LogP contribution in [0.15, 0.2) is 43.0 Å². The van der Waals surface area contributed by atoms with Gasteiger partial charge in [0.15, 0.2) is 0 Å². The van der Waals surface area contributed by atoms with Gasteiger partial charge in [0.1, 0.15) is 0 Å². The average Bonchev–Trinajstić information content (AvgIpc) is 2.75. The van der Waals surface area contributed by atoms with Crippen molar-refractivity contribution in [2.45, 2.75) is 6.54 Å². The Hall–Kier alpha value is -2.06. The third kappa shape index (κ3) is 1.38. The van der Waals surface area contributed by atoms with Crippen molar-refractivity contribution < 1.29 is 0 Å². The van der Waals surface area contributed by atoms with Gasteiger partial charge < -0.3 is 10.7 Å². The summed E-state index contributed by atoms with van der Waals surface area (Å²) in [5, 5.41) is 2.47. The second kappa shape index (κ2) is 3.75. The molecule has 0 atom stereocenters. The van der Waals surface area contributed by atoms with Crippen LogP contribution in [0.5, 0.6) is 0 Å². The third-order valence-electron chi connectivity index (χ3n) is 3.24. The Morgan fingerprint density at radius 1 is 1.12 bits per heavy atom. The summed E-state index contributed by atoms with van der Waals surface area (Å²) >= 11 is 0. The van der Waals surface area contributed by atoms with Crippen molar-refractivity contribution in [3.05, 3.63) is 54.1 Å². The highest BCUT2D eigenvalue weighted by molar-refractivity contribution is 6.09. The Kier molecular flexibility index (Phi) is 2.23. The zero-order chi connectivity index (χ0) is 11.8. The first-order valence-corrected chi connectivity index (χ1v) is 5.70. The highest BCUT2D eigenvalue weighted by Gasteiger charge is 2.08. The van der Waals surface area contributed by atoms with Crippen molar-refractivity contribution in [1.29, 1.82) is 0 Å². The molecule has 3 aromatic rings. The van der Waals surface area contributed by atoms with E-state index in [4.69, 9.17) is 5.73 Å². The van der Waals surface area contributed by atoms with E-state index >= 15 is 0 Å². The van der Waals surface area contributed by atoms with Crippen LogP contribution in [0.25, 0.3) is 27.9 Å². The maximum atomic E-state index is 5.75. The van der Waals surface area contributed by atoms with Gasteiger partial charge in [-0.1, -0.05) is 43.0 Å². The first-order chi connectivity index (χ1) is 8.35. The lowest BCUT2D eigenvalue weighted by molar-refractivity contribution is 1.07. The van der Waals surface area contributed by atoms with Crippen molar-refractivity contribution >= 4 is 27.9 Å². The van der Waals surface area contributed by atoms with Crippen molar-refractivity contribution in [2.75, 3.05) is 0 Å². The molecule has 0 aliphatic heterocycles. The maximum Gasteiger partial charge on any atom is 0.0541 e. The number of nitrogens with one attached hydrogen (secondary N) is 1. The molecular weight excluding hydrogens is 208 g/mol. The van der Waals surface area contributed by atoms with Gasteiger partial charge in [-0.3, -0.25) is 0 Å². The van der Waals surface area contributed by atoms with Crippen LogP contribution in [0.3, 0.4) is 0 Å². The van der Waals surface area contributed by atoms with E-state index in [9.17, 15) is 0 Å². The van der Waals surface area contributed by atoms with Crippen LogP contribution < -0.4 is 5.73 Å². The lowest BCUT2D eigenvalue weighted by Crippen LogP contribution is -1.99. The number of nitrogens with two attached hydrogens (primary N) is 1. The van der Waals surface area contributed by atoms with Crippen LogP contribution in [-0.2, 0) is 6.54 Å². The second-order valence-corrected chi connectivity index (χ2v) is 4.14. The fourth-order valence-electron chi connectivity index (χ4n) is 2.39. The Morgan fingerprint density at radius 3 is 2.71 bits per heavy atom. The number of hydrogen-bond acceptors (Lipinski definition) is 1. The number of para-hydroxylation sites is 1. The fourth-order valence-corrected chi connectivity index (χ4v) is 2.39. The van der Waals surface area contributed by atoms with E-state index < -0.39 is 0 Å². The number of benzene rings is 2. The molecule has 2 aromatic carbocycles. The van der Waals surface area contributed by atoms with Crippen LogP contribution >= 0.6 is 0 Å². The fraction of sp³-hybridized carbons (Fsp3) is 0.0667. The smallest absolute Gasteiger partial charge is 0.0541 e. The molecule has 3 N–H and O–H groups in total. The summed E-state index contributed by atoms with van der Waals surface area (Å²) in [5.74, 6) is 0.